The highest BCUT2D eigenvalue weighted by Gasteiger charge is 2.18. The number of imidazole rings is 1. The summed E-state index contributed by atoms with van der Waals surface area (Å²) in [7, 11) is 0. The van der Waals surface area contributed by atoms with Gasteiger partial charge in [-0.25, -0.2) is 19.9 Å². The molecule has 0 aliphatic carbocycles. The van der Waals surface area contributed by atoms with Crippen molar-refractivity contribution in [2.75, 3.05) is 0 Å². The third-order valence-electron chi connectivity index (χ3n) is 9.94. The van der Waals surface area contributed by atoms with Gasteiger partial charge in [0.2, 0.25) is 0 Å². The van der Waals surface area contributed by atoms with Crippen LogP contribution in [0.1, 0.15) is 0 Å². The third-order valence-corrected chi connectivity index (χ3v) is 9.94. The largest absolute Gasteiger partial charge is 0.291 e. The van der Waals surface area contributed by atoms with Crippen molar-refractivity contribution in [2.45, 2.75) is 0 Å². The topological polar surface area (TPSA) is 69.4 Å². The molecule has 3 aromatic heterocycles. The number of para-hydroxylation sites is 3. The molecule has 10 rings (SSSR count). The molecule has 0 atom stereocenters. The maximum atomic E-state index is 5.06. The first kappa shape index (κ1) is 32.1. The first-order chi connectivity index (χ1) is 27.3. The van der Waals surface area contributed by atoms with Crippen molar-refractivity contribution in [3.63, 3.8) is 0 Å². The monoisotopic (exact) mass is 704 g/mol. The van der Waals surface area contributed by atoms with Crippen molar-refractivity contribution >= 4 is 21.8 Å². The highest BCUT2D eigenvalue weighted by molar-refractivity contribution is 6.04. The molecule has 10 aromatic rings. The standard InChI is InChI=1S/C49H32N6/c1-4-15-33(16-5-1)46-52-47(34-17-6-2-7-18-34)54-48(53-46)42-28-27-39(40-23-10-11-24-41(40)42)37-20-14-19-35(31-37)36-29-30-50-44(32-36)49-51-43-25-12-13-26-45(43)55(49)38-21-8-3-9-22-38/h1-32H. The molecule has 0 unspecified atom stereocenters. The Bertz CT molecular complexity index is 2920. The fourth-order valence-corrected chi connectivity index (χ4v) is 7.31. The second-order valence-electron chi connectivity index (χ2n) is 13.4. The minimum atomic E-state index is 0.634. The molecule has 0 saturated carbocycles. The van der Waals surface area contributed by atoms with E-state index in [4.69, 9.17) is 24.9 Å². The second-order valence-corrected chi connectivity index (χ2v) is 13.4. The van der Waals surface area contributed by atoms with Gasteiger partial charge < -0.3 is 0 Å². The van der Waals surface area contributed by atoms with Crippen LogP contribution in [0.4, 0.5) is 0 Å². The molecular weight excluding hydrogens is 673 g/mol. The summed E-state index contributed by atoms with van der Waals surface area (Å²) in [4.78, 5) is 24.9. The SMILES string of the molecule is c1ccc(-c2nc(-c3ccccc3)nc(-c3ccc(-c4cccc(-c5ccnc(-c6nc7ccccc7n6-c6ccccc6)c5)c4)c4ccccc34)n2)cc1. The minimum Gasteiger partial charge on any atom is -0.291 e. The van der Waals surface area contributed by atoms with Gasteiger partial charge in [0.1, 0.15) is 5.69 Å². The Morgan fingerprint density at radius 1 is 0.364 bits per heavy atom. The molecule has 0 fully saturated rings. The molecule has 3 heterocycles. The molecule has 0 saturated heterocycles. The first-order valence-electron chi connectivity index (χ1n) is 18.3. The van der Waals surface area contributed by atoms with Gasteiger partial charge in [-0.05, 0) is 81.6 Å². The minimum absolute atomic E-state index is 0.634. The van der Waals surface area contributed by atoms with Crippen LogP contribution in [0.3, 0.4) is 0 Å². The van der Waals surface area contributed by atoms with E-state index in [1.165, 1.54) is 0 Å². The van der Waals surface area contributed by atoms with Crippen molar-refractivity contribution in [1.29, 1.82) is 0 Å². The molecular formula is C49H32N6. The number of fused-ring (bicyclic) bond motifs is 2. The van der Waals surface area contributed by atoms with Crippen molar-refractivity contribution < 1.29 is 0 Å². The van der Waals surface area contributed by atoms with Crippen LogP contribution in [0.2, 0.25) is 0 Å². The number of aromatic nitrogens is 6. The molecule has 0 amide bonds. The van der Waals surface area contributed by atoms with Crippen LogP contribution < -0.4 is 0 Å². The summed E-state index contributed by atoms with van der Waals surface area (Å²) in [6.07, 6.45) is 1.87. The number of benzene rings is 7. The zero-order valence-electron chi connectivity index (χ0n) is 29.7. The molecule has 0 bridgehead atoms. The van der Waals surface area contributed by atoms with Crippen LogP contribution in [0.15, 0.2) is 194 Å². The van der Waals surface area contributed by atoms with E-state index in [-0.39, 0.29) is 0 Å². The summed E-state index contributed by atoms with van der Waals surface area (Å²) in [6, 6.07) is 64.4. The average Bonchev–Trinajstić information content (AvgIpc) is 3.67. The fraction of sp³-hybridized carbons (Fsp3) is 0. The van der Waals surface area contributed by atoms with Gasteiger partial charge >= 0.3 is 0 Å². The maximum absolute atomic E-state index is 5.06. The Kier molecular flexibility index (Phi) is 8.04. The van der Waals surface area contributed by atoms with Crippen molar-refractivity contribution in [2.24, 2.45) is 0 Å². The van der Waals surface area contributed by atoms with Crippen LogP contribution in [0.25, 0.3) is 95.4 Å². The summed E-state index contributed by atoms with van der Waals surface area (Å²) in [5.74, 6) is 2.72. The molecule has 6 nitrogen and oxygen atoms in total. The average molecular weight is 705 g/mol. The smallest absolute Gasteiger partial charge is 0.164 e. The predicted octanol–water partition coefficient (Wildman–Crippen LogP) is 11.8. The normalized spacial score (nSPS) is 11.3. The Balaban J connectivity index is 1.07. The zero-order chi connectivity index (χ0) is 36.6. The maximum Gasteiger partial charge on any atom is 0.164 e. The zero-order valence-corrected chi connectivity index (χ0v) is 29.7. The lowest BCUT2D eigenvalue weighted by Crippen LogP contribution is -2.00. The van der Waals surface area contributed by atoms with Crippen LogP contribution in [0, 0.1) is 0 Å². The summed E-state index contributed by atoms with van der Waals surface area (Å²) in [5.41, 5.74) is 11.0. The highest BCUT2D eigenvalue weighted by Crippen LogP contribution is 2.38. The lowest BCUT2D eigenvalue weighted by atomic mass is 9.93. The van der Waals surface area contributed by atoms with E-state index in [2.05, 4.69) is 95.6 Å². The second kappa shape index (κ2) is 13.8. The highest BCUT2D eigenvalue weighted by atomic mass is 15.1. The Morgan fingerprint density at radius 3 is 1.64 bits per heavy atom. The summed E-state index contributed by atoms with van der Waals surface area (Å²) < 4.78 is 2.18. The lowest BCUT2D eigenvalue weighted by molar-refractivity contribution is 1.08. The van der Waals surface area contributed by atoms with E-state index in [1.807, 2.05) is 103 Å². The van der Waals surface area contributed by atoms with Crippen LogP contribution >= 0.6 is 0 Å². The number of hydrogen-bond acceptors (Lipinski definition) is 5. The van der Waals surface area contributed by atoms with Gasteiger partial charge in [-0.3, -0.25) is 9.55 Å². The van der Waals surface area contributed by atoms with E-state index in [0.717, 1.165) is 78.0 Å². The third kappa shape index (κ3) is 6.02. The van der Waals surface area contributed by atoms with Gasteiger partial charge in [-0.1, -0.05) is 140 Å². The van der Waals surface area contributed by atoms with E-state index >= 15 is 0 Å². The molecule has 0 radical (unpaired) electrons. The molecule has 0 aliphatic rings. The van der Waals surface area contributed by atoms with E-state index in [0.29, 0.717) is 17.5 Å². The van der Waals surface area contributed by atoms with Gasteiger partial charge in [0.05, 0.1) is 11.0 Å². The van der Waals surface area contributed by atoms with Crippen LogP contribution in [0.5, 0.6) is 0 Å². The molecule has 0 spiro atoms. The van der Waals surface area contributed by atoms with Gasteiger partial charge in [0, 0.05) is 28.6 Å². The summed E-state index contributed by atoms with van der Waals surface area (Å²) in [6.45, 7) is 0. The Morgan fingerprint density at radius 2 is 0.909 bits per heavy atom. The van der Waals surface area contributed by atoms with Crippen molar-refractivity contribution in [1.82, 2.24) is 29.5 Å². The number of pyridine rings is 1. The van der Waals surface area contributed by atoms with E-state index in [1.54, 1.807) is 0 Å². The number of rotatable bonds is 7. The molecule has 0 N–H and O–H groups in total. The van der Waals surface area contributed by atoms with Crippen molar-refractivity contribution in [3.05, 3.63) is 194 Å². The van der Waals surface area contributed by atoms with Crippen molar-refractivity contribution in [3.8, 4) is 73.6 Å². The van der Waals surface area contributed by atoms with Crippen LogP contribution in [-0.2, 0) is 0 Å². The molecule has 55 heavy (non-hydrogen) atoms. The molecule has 0 aliphatic heterocycles. The van der Waals surface area contributed by atoms with Gasteiger partial charge in [0.15, 0.2) is 23.3 Å². The predicted molar refractivity (Wildman–Crippen MR) is 222 cm³/mol. The molecule has 6 heteroatoms. The summed E-state index contributed by atoms with van der Waals surface area (Å²) in [5, 5.41) is 2.19. The molecule has 7 aromatic carbocycles. The van der Waals surface area contributed by atoms with Gasteiger partial charge in [0.25, 0.3) is 0 Å². The van der Waals surface area contributed by atoms with Crippen LogP contribution in [-0.4, -0.2) is 29.5 Å². The first-order valence-corrected chi connectivity index (χ1v) is 18.3. The molecule has 258 valence electrons. The Hall–Kier alpha value is -7.57. The summed E-state index contributed by atoms with van der Waals surface area (Å²) >= 11 is 0. The van der Waals surface area contributed by atoms with Gasteiger partial charge in [-0.15, -0.1) is 0 Å². The van der Waals surface area contributed by atoms with Gasteiger partial charge in [-0.2, -0.15) is 0 Å². The quantitative estimate of drug-likeness (QED) is 0.165. The number of hydrogen-bond donors (Lipinski definition) is 0. The fourth-order valence-electron chi connectivity index (χ4n) is 7.31. The number of nitrogens with zero attached hydrogens (tertiary/aromatic N) is 6. The van der Waals surface area contributed by atoms with E-state index in [9.17, 15) is 0 Å². The lowest BCUT2D eigenvalue weighted by Gasteiger charge is -2.14. The Labute approximate surface area is 318 Å². The van der Waals surface area contributed by atoms with E-state index < -0.39 is 0 Å².